The number of hydrogen-bond donors (Lipinski definition) is 2. The first-order chi connectivity index (χ1) is 13.7. The van der Waals surface area contributed by atoms with Crippen LogP contribution in [0.25, 0.3) is 10.9 Å². The number of benzene rings is 2. The third-order valence-electron chi connectivity index (χ3n) is 5.55. The van der Waals surface area contributed by atoms with Gasteiger partial charge < -0.3 is 15.6 Å². The van der Waals surface area contributed by atoms with Crippen molar-refractivity contribution in [2.45, 2.75) is 25.2 Å². The molecule has 7 heteroatoms. The maximum absolute atomic E-state index is 13.7. The number of H-pyrrole nitrogens is 1. The van der Waals surface area contributed by atoms with E-state index in [9.17, 15) is 18.4 Å². The maximum atomic E-state index is 13.7. The molecule has 150 valence electrons. The standard InChI is InChI=1S/C22H21F2N3O2/c1-22(2)11-27(21(29)12-7-8-15(23)16(24)9-12)10-14(20(25)28)19-18(22)13-5-3-4-6-17(13)26-19/h3-9,14,26H,10-11H2,1-2H3,(H2,25,28). The predicted octanol–water partition coefficient (Wildman–Crippen LogP) is 3.45. The first kappa shape index (κ1) is 19.1. The molecule has 5 nitrogen and oxygen atoms in total. The zero-order valence-electron chi connectivity index (χ0n) is 16.1. The molecule has 2 aromatic carbocycles. The van der Waals surface area contributed by atoms with E-state index >= 15 is 0 Å². The van der Waals surface area contributed by atoms with Gasteiger partial charge in [0.05, 0.1) is 5.92 Å². The normalized spacial score (nSPS) is 18.3. The van der Waals surface area contributed by atoms with Crippen molar-refractivity contribution < 1.29 is 18.4 Å². The summed E-state index contributed by atoms with van der Waals surface area (Å²) in [5.74, 6) is -3.88. The summed E-state index contributed by atoms with van der Waals surface area (Å²) in [6.07, 6.45) is 0. The minimum absolute atomic E-state index is 0.0262. The Balaban J connectivity index is 1.82. The molecule has 3 N–H and O–H groups in total. The largest absolute Gasteiger partial charge is 0.369 e. The van der Waals surface area contributed by atoms with E-state index in [0.29, 0.717) is 12.2 Å². The van der Waals surface area contributed by atoms with Crippen LogP contribution in [0.3, 0.4) is 0 Å². The lowest BCUT2D eigenvalue weighted by atomic mass is 9.81. The summed E-state index contributed by atoms with van der Waals surface area (Å²) >= 11 is 0. The van der Waals surface area contributed by atoms with Gasteiger partial charge in [-0.3, -0.25) is 9.59 Å². The van der Waals surface area contributed by atoms with E-state index in [-0.39, 0.29) is 12.1 Å². The molecule has 0 spiro atoms. The van der Waals surface area contributed by atoms with Gasteiger partial charge in [-0.2, -0.15) is 0 Å². The highest BCUT2D eigenvalue weighted by molar-refractivity contribution is 5.96. The van der Waals surface area contributed by atoms with Crippen molar-refractivity contribution in [1.29, 1.82) is 0 Å². The predicted molar refractivity (Wildman–Crippen MR) is 106 cm³/mol. The summed E-state index contributed by atoms with van der Waals surface area (Å²) in [5.41, 5.74) is 7.76. The maximum Gasteiger partial charge on any atom is 0.254 e. The Bertz CT molecular complexity index is 1140. The van der Waals surface area contributed by atoms with Crippen molar-refractivity contribution in [2.24, 2.45) is 5.73 Å². The number of carbonyl (C=O) groups is 2. The number of amides is 2. The molecule has 1 aromatic heterocycles. The van der Waals surface area contributed by atoms with Crippen molar-refractivity contribution in [1.82, 2.24) is 9.88 Å². The summed E-state index contributed by atoms with van der Waals surface area (Å²) in [6.45, 7) is 4.32. The van der Waals surface area contributed by atoms with Crippen molar-refractivity contribution in [3.05, 3.63) is 70.9 Å². The highest BCUT2D eigenvalue weighted by Crippen LogP contribution is 2.40. The number of para-hydroxylation sites is 1. The lowest BCUT2D eigenvalue weighted by Gasteiger charge is -2.31. The average Bonchev–Trinajstić information content (AvgIpc) is 3.01. The van der Waals surface area contributed by atoms with Crippen LogP contribution in [0, 0.1) is 11.6 Å². The van der Waals surface area contributed by atoms with Gasteiger partial charge in [-0.15, -0.1) is 0 Å². The monoisotopic (exact) mass is 397 g/mol. The molecular weight excluding hydrogens is 376 g/mol. The Morgan fingerprint density at radius 3 is 2.55 bits per heavy atom. The van der Waals surface area contributed by atoms with Crippen molar-refractivity contribution in [3.8, 4) is 0 Å². The summed E-state index contributed by atoms with van der Waals surface area (Å²) in [6, 6.07) is 10.8. The van der Waals surface area contributed by atoms with Gasteiger partial charge in [-0.1, -0.05) is 32.0 Å². The van der Waals surface area contributed by atoms with Crippen molar-refractivity contribution in [2.75, 3.05) is 13.1 Å². The molecule has 0 saturated carbocycles. The van der Waals surface area contributed by atoms with Crippen LogP contribution in [-0.2, 0) is 10.2 Å². The van der Waals surface area contributed by atoms with Crippen LogP contribution in [0.1, 0.15) is 41.4 Å². The molecule has 29 heavy (non-hydrogen) atoms. The molecule has 0 bridgehead atoms. The fourth-order valence-corrected chi connectivity index (χ4v) is 4.28. The number of rotatable bonds is 2. The molecule has 4 rings (SSSR count). The number of primary amides is 1. The van der Waals surface area contributed by atoms with Gasteiger partial charge in [0.1, 0.15) is 0 Å². The molecule has 0 aliphatic carbocycles. The van der Waals surface area contributed by atoms with Gasteiger partial charge in [-0.05, 0) is 29.8 Å². The number of carbonyl (C=O) groups excluding carboxylic acids is 2. The van der Waals surface area contributed by atoms with Crippen LogP contribution in [0.4, 0.5) is 8.78 Å². The van der Waals surface area contributed by atoms with Crippen molar-refractivity contribution in [3.63, 3.8) is 0 Å². The summed E-state index contributed by atoms with van der Waals surface area (Å²) in [5, 5.41) is 0.973. The van der Waals surface area contributed by atoms with E-state index in [2.05, 4.69) is 4.98 Å². The van der Waals surface area contributed by atoms with E-state index in [1.807, 2.05) is 38.1 Å². The Labute approximate surface area is 166 Å². The zero-order valence-corrected chi connectivity index (χ0v) is 16.1. The van der Waals surface area contributed by atoms with E-state index in [1.54, 1.807) is 0 Å². The average molecular weight is 397 g/mol. The molecule has 1 unspecified atom stereocenters. The number of nitrogens with zero attached hydrogens (tertiary/aromatic N) is 1. The van der Waals surface area contributed by atoms with Crippen LogP contribution in [0.5, 0.6) is 0 Å². The van der Waals surface area contributed by atoms with Crippen LogP contribution in [0.2, 0.25) is 0 Å². The number of nitrogens with two attached hydrogens (primary N) is 1. The second kappa shape index (κ2) is 6.69. The molecule has 2 amide bonds. The van der Waals surface area contributed by atoms with Gasteiger partial charge in [0.2, 0.25) is 5.91 Å². The molecule has 0 saturated heterocycles. The first-order valence-electron chi connectivity index (χ1n) is 9.34. The molecule has 2 heterocycles. The van der Waals surface area contributed by atoms with Crippen molar-refractivity contribution >= 4 is 22.7 Å². The number of nitrogens with one attached hydrogen (secondary N) is 1. The summed E-state index contributed by atoms with van der Waals surface area (Å²) in [4.78, 5) is 30.2. The highest BCUT2D eigenvalue weighted by atomic mass is 19.2. The third-order valence-corrected chi connectivity index (χ3v) is 5.55. The molecule has 0 fully saturated rings. The van der Waals surface area contributed by atoms with Gasteiger partial charge in [-0.25, -0.2) is 8.78 Å². The fourth-order valence-electron chi connectivity index (χ4n) is 4.28. The van der Waals surface area contributed by atoms with E-state index in [4.69, 9.17) is 5.73 Å². The van der Waals surface area contributed by atoms with Gasteiger partial charge in [0.25, 0.3) is 5.91 Å². The minimum atomic E-state index is -1.09. The number of hydrogen-bond acceptors (Lipinski definition) is 2. The highest BCUT2D eigenvalue weighted by Gasteiger charge is 2.40. The summed E-state index contributed by atoms with van der Waals surface area (Å²) in [7, 11) is 0. The number of fused-ring (bicyclic) bond motifs is 3. The fraction of sp³-hybridized carbons (Fsp3) is 0.273. The second-order valence-electron chi connectivity index (χ2n) is 8.11. The molecule has 1 atom stereocenters. The molecule has 1 aliphatic rings. The Morgan fingerprint density at radius 1 is 1.14 bits per heavy atom. The Hall–Kier alpha value is -3.22. The smallest absolute Gasteiger partial charge is 0.254 e. The topological polar surface area (TPSA) is 79.2 Å². The second-order valence-corrected chi connectivity index (χ2v) is 8.11. The van der Waals surface area contributed by atoms with E-state index < -0.39 is 34.8 Å². The molecule has 1 aliphatic heterocycles. The minimum Gasteiger partial charge on any atom is -0.369 e. The number of aromatic nitrogens is 1. The zero-order chi connectivity index (χ0) is 20.9. The van der Waals surface area contributed by atoms with Gasteiger partial charge in [0, 0.05) is 40.7 Å². The van der Waals surface area contributed by atoms with Gasteiger partial charge in [0.15, 0.2) is 11.6 Å². The Morgan fingerprint density at radius 2 is 1.86 bits per heavy atom. The first-order valence-corrected chi connectivity index (χ1v) is 9.34. The van der Waals surface area contributed by atoms with Crippen LogP contribution in [0.15, 0.2) is 42.5 Å². The molecular formula is C22H21F2N3O2. The van der Waals surface area contributed by atoms with E-state index in [0.717, 1.165) is 28.6 Å². The molecule has 3 aromatic rings. The number of halogens is 2. The lowest BCUT2D eigenvalue weighted by Crippen LogP contribution is -2.42. The SMILES string of the molecule is CC1(C)CN(C(=O)c2ccc(F)c(F)c2)CC(C(N)=O)c2[nH]c3ccccc3c21. The molecule has 0 radical (unpaired) electrons. The van der Waals surface area contributed by atoms with E-state index in [1.165, 1.54) is 11.0 Å². The summed E-state index contributed by atoms with van der Waals surface area (Å²) < 4.78 is 26.9. The Kier molecular flexibility index (Phi) is 4.41. The quantitative estimate of drug-likeness (QED) is 0.695. The number of aromatic amines is 1. The van der Waals surface area contributed by atoms with Crippen LogP contribution >= 0.6 is 0 Å². The van der Waals surface area contributed by atoms with Gasteiger partial charge >= 0.3 is 0 Å². The van der Waals surface area contributed by atoms with Crippen LogP contribution < -0.4 is 5.73 Å². The lowest BCUT2D eigenvalue weighted by molar-refractivity contribution is -0.119. The third kappa shape index (κ3) is 3.16. The van der Waals surface area contributed by atoms with Crippen LogP contribution in [-0.4, -0.2) is 34.8 Å².